The Morgan fingerprint density at radius 2 is 1.34 bits per heavy atom. The Morgan fingerprint density at radius 1 is 0.844 bits per heavy atom. The Hall–Kier alpha value is -2.66. The fourth-order valence-electron chi connectivity index (χ4n) is 5.47. The lowest BCUT2D eigenvalue weighted by atomic mass is 10.1. The van der Waals surface area contributed by atoms with Crippen LogP contribution in [0.4, 0.5) is 26.5 Å². The Labute approximate surface area is 184 Å². The van der Waals surface area contributed by atoms with Gasteiger partial charge in [-0.25, -0.2) is 13.8 Å². The Bertz CT molecular complexity index is 945. The molecule has 4 aliphatic rings. The van der Waals surface area contributed by atoms with Crippen LogP contribution in [0.3, 0.4) is 0 Å². The number of nitrogen functional groups attached to an aromatic ring is 1. The van der Waals surface area contributed by atoms with Crippen molar-refractivity contribution in [3.63, 3.8) is 0 Å². The molecule has 6 heterocycles. The van der Waals surface area contributed by atoms with E-state index in [2.05, 4.69) is 24.8 Å². The molecular weight excluding hydrogens is 420 g/mol. The molecule has 4 bridgehead atoms. The SMILES string of the molecule is Nc1cc(C(F)F)c(-c2nc(N3C4CCC3COC4)nc(N3C4CCC3COC4)n2)cn1. The molecular formula is C21H25F2N7O2. The van der Waals surface area contributed by atoms with Crippen molar-refractivity contribution in [2.24, 2.45) is 0 Å². The molecule has 6 rings (SSSR count). The lowest BCUT2D eigenvalue weighted by Crippen LogP contribution is -2.48. The molecule has 32 heavy (non-hydrogen) atoms. The summed E-state index contributed by atoms with van der Waals surface area (Å²) in [5.74, 6) is 1.27. The van der Waals surface area contributed by atoms with Crippen LogP contribution >= 0.6 is 0 Å². The lowest BCUT2D eigenvalue weighted by Gasteiger charge is -2.37. The third kappa shape index (κ3) is 3.25. The van der Waals surface area contributed by atoms with E-state index in [9.17, 15) is 8.78 Å². The molecule has 0 aliphatic carbocycles. The number of hydrogen-bond donors (Lipinski definition) is 1. The summed E-state index contributed by atoms with van der Waals surface area (Å²) < 4.78 is 39.2. The van der Waals surface area contributed by atoms with Crippen LogP contribution in [0.2, 0.25) is 0 Å². The smallest absolute Gasteiger partial charge is 0.264 e. The Morgan fingerprint density at radius 3 is 1.81 bits per heavy atom. The zero-order valence-corrected chi connectivity index (χ0v) is 17.5. The molecule has 4 atom stereocenters. The number of nitrogens with zero attached hydrogens (tertiary/aromatic N) is 6. The highest BCUT2D eigenvalue weighted by atomic mass is 19.3. The van der Waals surface area contributed by atoms with Crippen LogP contribution in [0.25, 0.3) is 11.4 Å². The molecule has 4 unspecified atom stereocenters. The minimum Gasteiger partial charge on any atom is -0.384 e. The molecule has 4 aliphatic heterocycles. The molecule has 0 amide bonds. The van der Waals surface area contributed by atoms with Crippen molar-refractivity contribution in [1.29, 1.82) is 0 Å². The number of pyridine rings is 1. The number of ether oxygens (including phenoxy) is 2. The summed E-state index contributed by atoms with van der Waals surface area (Å²) in [7, 11) is 0. The van der Waals surface area contributed by atoms with Crippen LogP contribution in [-0.4, -0.2) is 70.5 Å². The van der Waals surface area contributed by atoms with Crippen molar-refractivity contribution in [2.45, 2.75) is 56.3 Å². The van der Waals surface area contributed by atoms with Gasteiger partial charge in [0.25, 0.3) is 6.43 Å². The average Bonchev–Trinajstić information content (AvgIpc) is 3.20. The molecule has 2 aromatic rings. The van der Waals surface area contributed by atoms with Crippen LogP contribution in [0, 0.1) is 0 Å². The van der Waals surface area contributed by atoms with Crippen LogP contribution in [0.15, 0.2) is 12.3 Å². The third-order valence-corrected chi connectivity index (χ3v) is 6.99. The molecule has 4 fully saturated rings. The molecule has 4 saturated heterocycles. The second-order valence-electron chi connectivity index (χ2n) is 8.92. The molecule has 170 valence electrons. The fourth-order valence-corrected chi connectivity index (χ4v) is 5.47. The molecule has 0 spiro atoms. The molecule has 9 nitrogen and oxygen atoms in total. The summed E-state index contributed by atoms with van der Waals surface area (Å²) in [6.07, 6.45) is 2.59. The number of alkyl halides is 2. The van der Waals surface area contributed by atoms with Gasteiger partial charge >= 0.3 is 0 Å². The van der Waals surface area contributed by atoms with Crippen molar-refractivity contribution < 1.29 is 18.3 Å². The van der Waals surface area contributed by atoms with E-state index in [1.165, 1.54) is 12.3 Å². The monoisotopic (exact) mass is 445 g/mol. The maximum atomic E-state index is 13.9. The van der Waals surface area contributed by atoms with Gasteiger partial charge < -0.3 is 25.0 Å². The van der Waals surface area contributed by atoms with Crippen LogP contribution in [-0.2, 0) is 9.47 Å². The van der Waals surface area contributed by atoms with E-state index in [1.807, 2.05) is 0 Å². The summed E-state index contributed by atoms with van der Waals surface area (Å²) in [5.41, 5.74) is 5.64. The van der Waals surface area contributed by atoms with Gasteiger partial charge in [-0.3, -0.25) is 0 Å². The van der Waals surface area contributed by atoms with E-state index >= 15 is 0 Å². The summed E-state index contributed by atoms with van der Waals surface area (Å²) in [6, 6.07) is 1.91. The van der Waals surface area contributed by atoms with Gasteiger partial charge in [0.1, 0.15) is 5.82 Å². The predicted octanol–water partition coefficient (Wildman–Crippen LogP) is 2.19. The Balaban J connectivity index is 1.49. The minimum atomic E-state index is -2.72. The standard InChI is InChI=1S/C21H25F2N7O2/c22-18(23)15-5-17(24)25-6-16(15)19-26-20(29-11-1-2-12(29)8-31-7-11)28-21(27-19)30-13-3-4-14(30)10-32-9-13/h5-6,11-14,18H,1-4,7-10H2,(H2,24,25). The Kier molecular flexibility index (Phi) is 4.83. The number of hydrogen-bond acceptors (Lipinski definition) is 9. The number of rotatable bonds is 4. The zero-order valence-electron chi connectivity index (χ0n) is 17.5. The fraction of sp³-hybridized carbons (Fsp3) is 0.619. The highest BCUT2D eigenvalue weighted by Crippen LogP contribution is 2.38. The quantitative estimate of drug-likeness (QED) is 0.759. The minimum absolute atomic E-state index is 0.0380. The number of fused-ring (bicyclic) bond motifs is 4. The van der Waals surface area contributed by atoms with E-state index in [0.717, 1.165) is 25.7 Å². The van der Waals surface area contributed by atoms with Gasteiger partial charge in [0.05, 0.1) is 50.6 Å². The highest BCUT2D eigenvalue weighted by molar-refractivity contribution is 5.64. The van der Waals surface area contributed by atoms with Crippen molar-refractivity contribution in [1.82, 2.24) is 19.9 Å². The first-order valence-corrected chi connectivity index (χ1v) is 11.1. The van der Waals surface area contributed by atoms with E-state index in [1.54, 1.807) is 0 Å². The predicted molar refractivity (Wildman–Crippen MR) is 113 cm³/mol. The van der Waals surface area contributed by atoms with E-state index in [-0.39, 0.29) is 46.9 Å². The van der Waals surface area contributed by atoms with Crippen LogP contribution in [0.1, 0.15) is 37.7 Å². The third-order valence-electron chi connectivity index (χ3n) is 6.99. The van der Waals surface area contributed by atoms with Gasteiger partial charge in [0.15, 0.2) is 5.82 Å². The van der Waals surface area contributed by atoms with Gasteiger partial charge in [0, 0.05) is 17.3 Å². The second kappa shape index (κ2) is 7.73. The first-order chi connectivity index (χ1) is 15.6. The maximum absolute atomic E-state index is 13.9. The summed E-state index contributed by atoms with van der Waals surface area (Å²) in [5, 5.41) is 0. The van der Waals surface area contributed by atoms with Gasteiger partial charge in [-0.15, -0.1) is 0 Å². The normalized spacial score (nSPS) is 29.2. The number of halogens is 2. The summed E-state index contributed by atoms with van der Waals surface area (Å²) in [6.45, 7) is 2.45. The van der Waals surface area contributed by atoms with Gasteiger partial charge in [0.2, 0.25) is 11.9 Å². The highest BCUT2D eigenvalue weighted by Gasteiger charge is 2.42. The summed E-state index contributed by atoms with van der Waals surface area (Å²) in [4.78, 5) is 22.7. The number of morpholine rings is 2. The first kappa shape index (κ1) is 20.0. The molecule has 2 aromatic heterocycles. The van der Waals surface area contributed by atoms with Gasteiger partial charge in [-0.1, -0.05) is 0 Å². The topological polar surface area (TPSA) is 103 Å². The molecule has 11 heteroatoms. The molecule has 0 saturated carbocycles. The maximum Gasteiger partial charge on any atom is 0.264 e. The van der Waals surface area contributed by atoms with Gasteiger partial charge in [-0.05, 0) is 31.7 Å². The molecule has 0 radical (unpaired) electrons. The lowest BCUT2D eigenvalue weighted by molar-refractivity contribution is 0.0885. The van der Waals surface area contributed by atoms with Crippen molar-refractivity contribution in [2.75, 3.05) is 42.0 Å². The van der Waals surface area contributed by atoms with E-state index < -0.39 is 6.43 Å². The number of nitrogens with two attached hydrogens (primary N) is 1. The van der Waals surface area contributed by atoms with Gasteiger partial charge in [-0.2, -0.15) is 15.0 Å². The van der Waals surface area contributed by atoms with Crippen molar-refractivity contribution in [3.05, 3.63) is 17.8 Å². The molecule has 2 N–H and O–H groups in total. The van der Waals surface area contributed by atoms with E-state index in [0.29, 0.717) is 38.3 Å². The van der Waals surface area contributed by atoms with E-state index in [4.69, 9.17) is 20.2 Å². The average molecular weight is 445 g/mol. The van der Waals surface area contributed by atoms with Crippen molar-refractivity contribution in [3.8, 4) is 11.4 Å². The van der Waals surface area contributed by atoms with Crippen LogP contribution in [0.5, 0.6) is 0 Å². The summed E-state index contributed by atoms with van der Waals surface area (Å²) >= 11 is 0. The van der Waals surface area contributed by atoms with Crippen LogP contribution < -0.4 is 15.5 Å². The number of anilines is 3. The second-order valence-corrected chi connectivity index (χ2v) is 8.92. The molecule has 0 aromatic carbocycles. The first-order valence-electron chi connectivity index (χ1n) is 11.1. The number of aromatic nitrogens is 4. The zero-order chi connectivity index (χ0) is 21.8. The van der Waals surface area contributed by atoms with Crippen molar-refractivity contribution >= 4 is 17.7 Å². The largest absolute Gasteiger partial charge is 0.384 e.